The van der Waals surface area contributed by atoms with Crippen LogP contribution in [0.25, 0.3) is 0 Å². The van der Waals surface area contributed by atoms with Crippen molar-refractivity contribution in [2.45, 2.75) is 18.4 Å². The van der Waals surface area contributed by atoms with Gasteiger partial charge >= 0.3 is 11.9 Å². The van der Waals surface area contributed by atoms with Gasteiger partial charge in [-0.3, -0.25) is 9.59 Å². The molecule has 0 bridgehead atoms. The number of ether oxygens (including phenoxy) is 3. The summed E-state index contributed by atoms with van der Waals surface area (Å²) >= 11 is 0. The maximum atomic E-state index is 11.6. The summed E-state index contributed by atoms with van der Waals surface area (Å²) in [5.74, 6) is -3.22. The van der Waals surface area contributed by atoms with E-state index >= 15 is 0 Å². The van der Waals surface area contributed by atoms with Crippen LogP contribution in [0.1, 0.15) is 29.5 Å². The highest BCUT2D eigenvalue weighted by Crippen LogP contribution is 2.40. The van der Waals surface area contributed by atoms with Crippen molar-refractivity contribution in [1.29, 1.82) is 0 Å². The Balaban J connectivity index is 1.60. The van der Waals surface area contributed by atoms with Crippen molar-refractivity contribution in [3.05, 3.63) is 108 Å². The van der Waals surface area contributed by atoms with E-state index in [-0.39, 0.29) is 39.3 Å². The van der Waals surface area contributed by atoms with Gasteiger partial charge in [0.1, 0.15) is 12.2 Å². The molecule has 7 nitrogen and oxygen atoms in total. The first-order valence-corrected chi connectivity index (χ1v) is 11.3. The van der Waals surface area contributed by atoms with Crippen molar-refractivity contribution in [3.8, 4) is 0 Å². The second kappa shape index (κ2) is 13.2. The Labute approximate surface area is 204 Å². The normalized spacial score (nSPS) is 11.1. The zero-order valence-corrected chi connectivity index (χ0v) is 19.3. The zero-order chi connectivity index (χ0) is 24.9. The Morgan fingerprint density at radius 1 is 0.629 bits per heavy atom. The van der Waals surface area contributed by atoms with Crippen LogP contribution in [0.5, 0.6) is 0 Å². The van der Waals surface area contributed by atoms with Crippen LogP contribution in [0.15, 0.2) is 91.0 Å². The van der Waals surface area contributed by atoms with Crippen molar-refractivity contribution in [1.82, 2.24) is 0 Å². The fourth-order valence-corrected chi connectivity index (χ4v) is 3.73. The van der Waals surface area contributed by atoms with Gasteiger partial charge in [0.2, 0.25) is 5.78 Å². The number of hydrogen-bond acceptors (Lipinski definition) is 6. The quantitative estimate of drug-likeness (QED) is 0.163. The minimum atomic E-state index is -1.56. The van der Waals surface area contributed by atoms with Gasteiger partial charge in [0.05, 0.1) is 26.2 Å². The number of carboxylic acid groups (broad SMARTS) is 1. The first kappa shape index (κ1) is 25.8. The van der Waals surface area contributed by atoms with Crippen LogP contribution in [-0.2, 0) is 34.2 Å². The SMILES string of the molecule is O=C(CCC(=O)C(=O)O)OCCOCCOC(c1ccccc1)(c1ccccc1)c1ccccc1. The van der Waals surface area contributed by atoms with Crippen molar-refractivity contribution in [2.24, 2.45) is 0 Å². The fourth-order valence-electron chi connectivity index (χ4n) is 3.73. The molecule has 0 unspecified atom stereocenters. The molecule has 3 rings (SSSR count). The molecule has 1 N–H and O–H groups in total. The highest BCUT2D eigenvalue weighted by atomic mass is 16.6. The number of rotatable bonds is 14. The molecule has 0 aliphatic carbocycles. The molecule has 0 amide bonds. The molecule has 0 spiro atoms. The molecule has 0 saturated carbocycles. The Morgan fingerprint density at radius 3 is 1.54 bits per heavy atom. The van der Waals surface area contributed by atoms with Crippen molar-refractivity contribution < 1.29 is 33.7 Å². The van der Waals surface area contributed by atoms with Crippen molar-refractivity contribution in [2.75, 3.05) is 26.4 Å². The predicted octanol–water partition coefficient (Wildman–Crippen LogP) is 3.99. The van der Waals surface area contributed by atoms with Gasteiger partial charge in [-0.2, -0.15) is 0 Å². The van der Waals surface area contributed by atoms with E-state index in [0.717, 1.165) is 16.7 Å². The number of esters is 1. The molecule has 0 radical (unpaired) electrons. The largest absolute Gasteiger partial charge is 0.476 e. The number of carboxylic acids is 1. The van der Waals surface area contributed by atoms with Gasteiger partial charge in [0, 0.05) is 6.42 Å². The lowest BCUT2D eigenvalue weighted by Crippen LogP contribution is -2.34. The van der Waals surface area contributed by atoms with Gasteiger partial charge in [-0.05, 0) is 16.7 Å². The molecule has 182 valence electrons. The number of benzene rings is 3. The molecule has 3 aromatic rings. The monoisotopic (exact) mass is 476 g/mol. The van der Waals surface area contributed by atoms with Crippen LogP contribution < -0.4 is 0 Å². The number of carbonyl (C=O) groups is 3. The predicted molar refractivity (Wildman–Crippen MR) is 129 cm³/mol. The first-order chi connectivity index (χ1) is 17.0. The average Bonchev–Trinajstić information content (AvgIpc) is 2.90. The fraction of sp³-hybridized carbons (Fsp3) is 0.250. The lowest BCUT2D eigenvalue weighted by Gasteiger charge is -2.36. The van der Waals surface area contributed by atoms with Crippen LogP contribution >= 0.6 is 0 Å². The number of hydrogen-bond donors (Lipinski definition) is 1. The lowest BCUT2D eigenvalue weighted by atomic mass is 9.80. The standard InChI is InChI=1S/C28H28O7/c29-25(27(31)32)16-17-26(30)34-20-18-33-19-21-35-28(22-10-4-1-5-11-22,23-12-6-2-7-13-23)24-14-8-3-9-15-24/h1-15H,16-21H2,(H,31,32). The second-order valence-electron chi connectivity index (χ2n) is 7.69. The number of carbonyl (C=O) groups excluding carboxylic acids is 2. The third kappa shape index (κ3) is 7.09. The topological polar surface area (TPSA) is 99.1 Å². The molecule has 0 fully saturated rings. The van der Waals surface area contributed by atoms with E-state index in [4.69, 9.17) is 19.3 Å². The third-order valence-corrected chi connectivity index (χ3v) is 5.37. The number of Topliss-reactive ketones (excluding diaryl/α,β-unsaturated/α-hetero) is 1. The minimum Gasteiger partial charge on any atom is -0.476 e. The Bertz CT molecular complexity index is 985. The third-order valence-electron chi connectivity index (χ3n) is 5.37. The first-order valence-electron chi connectivity index (χ1n) is 11.3. The summed E-state index contributed by atoms with van der Waals surface area (Å²) in [5.41, 5.74) is 2.13. The highest BCUT2D eigenvalue weighted by Gasteiger charge is 2.37. The van der Waals surface area contributed by atoms with Gasteiger partial charge in [0.15, 0.2) is 0 Å². The number of aliphatic carboxylic acids is 1. The van der Waals surface area contributed by atoms with E-state index in [9.17, 15) is 14.4 Å². The second-order valence-corrected chi connectivity index (χ2v) is 7.69. The molecular formula is C28H28O7. The van der Waals surface area contributed by atoms with E-state index < -0.39 is 23.3 Å². The molecule has 0 aliphatic heterocycles. The lowest BCUT2D eigenvalue weighted by molar-refractivity contribution is -0.151. The summed E-state index contributed by atoms with van der Waals surface area (Å²) in [6, 6.07) is 30.0. The van der Waals surface area contributed by atoms with E-state index in [0.29, 0.717) is 0 Å². The van der Waals surface area contributed by atoms with Gasteiger partial charge in [0.25, 0.3) is 0 Å². The van der Waals surface area contributed by atoms with Crippen LogP contribution in [0.2, 0.25) is 0 Å². The van der Waals surface area contributed by atoms with Crippen LogP contribution in [0.3, 0.4) is 0 Å². The summed E-state index contributed by atoms with van der Waals surface area (Å²) < 4.78 is 17.1. The molecule has 3 aromatic carbocycles. The summed E-state index contributed by atoms with van der Waals surface area (Å²) in [7, 11) is 0. The van der Waals surface area contributed by atoms with E-state index in [2.05, 4.69) is 0 Å². The van der Waals surface area contributed by atoms with E-state index in [1.165, 1.54) is 0 Å². The van der Waals surface area contributed by atoms with Crippen LogP contribution in [0, 0.1) is 0 Å². The van der Waals surface area contributed by atoms with Gasteiger partial charge in [-0.1, -0.05) is 91.0 Å². The summed E-state index contributed by atoms with van der Waals surface area (Å²) in [6.07, 6.45) is -0.661. The van der Waals surface area contributed by atoms with Gasteiger partial charge in [-0.25, -0.2) is 4.79 Å². The Hall–Kier alpha value is -3.81. The number of ketones is 1. The van der Waals surface area contributed by atoms with E-state index in [1.807, 2.05) is 91.0 Å². The maximum absolute atomic E-state index is 11.6. The van der Waals surface area contributed by atoms with Crippen LogP contribution in [-0.4, -0.2) is 49.3 Å². The van der Waals surface area contributed by atoms with Crippen LogP contribution in [0.4, 0.5) is 0 Å². The molecule has 7 heteroatoms. The molecule has 0 aliphatic rings. The van der Waals surface area contributed by atoms with E-state index in [1.54, 1.807) is 0 Å². The van der Waals surface area contributed by atoms with Crippen molar-refractivity contribution >= 4 is 17.7 Å². The molecule has 35 heavy (non-hydrogen) atoms. The Morgan fingerprint density at radius 2 is 1.09 bits per heavy atom. The molecule has 0 saturated heterocycles. The highest BCUT2D eigenvalue weighted by molar-refractivity contribution is 6.32. The smallest absolute Gasteiger partial charge is 0.372 e. The molecule has 0 heterocycles. The Kier molecular flexibility index (Phi) is 9.71. The molecular weight excluding hydrogens is 448 g/mol. The summed E-state index contributed by atoms with van der Waals surface area (Å²) in [4.78, 5) is 33.1. The molecule has 0 atom stereocenters. The molecule has 0 aromatic heterocycles. The maximum Gasteiger partial charge on any atom is 0.372 e. The van der Waals surface area contributed by atoms with Crippen molar-refractivity contribution in [3.63, 3.8) is 0 Å². The minimum absolute atomic E-state index is 0.00128. The van der Waals surface area contributed by atoms with Gasteiger partial charge < -0.3 is 19.3 Å². The van der Waals surface area contributed by atoms with Gasteiger partial charge in [-0.15, -0.1) is 0 Å². The summed E-state index contributed by atoms with van der Waals surface area (Å²) in [5, 5.41) is 8.53. The zero-order valence-electron chi connectivity index (χ0n) is 19.3. The summed E-state index contributed by atoms with van der Waals surface area (Å²) in [6.45, 7) is 0.696. The average molecular weight is 477 g/mol.